The maximum atomic E-state index is 5.10. The van der Waals surface area contributed by atoms with Crippen molar-refractivity contribution in [2.24, 2.45) is 0 Å². The first-order valence-corrected chi connectivity index (χ1v) is 14.7. The summed E-state index contributed by atoms with van der Waals surface area (Å²) in [6.07, 6.45) is 3.97. The van der Waals surface area contributed by atoms with Crippen LogP contribution < -0.4 is 0 Å². The largest absolute Gasteiger partial charge is 0.315 e. The Bertz CT molecular complexity index is 2490. The van der Waals surface area contributed by atoms with Crippen LogP contribution in [0.2, 0.25) is 0 Å². The zero-order valence-corrected chi connectivity index (χ0v) is 23.7. The molecule has 44 heavy (non-hydrogen) atoms. The minimum atomic E-state index is 0.671. The van der Waals surface area contributed by atoms with Gasteiger partial charge in [-0.3, -0.25) is 4.98 Å². The van der Waals surface area contributed by atoms with Crippen LogP contribution in [0, 0.1) is 0 Å². The zero-order chi connectivity index (χ0) is 29.0. The van der Waals surface area contributed by atoms with Crippen LogP contribution >= 0.6 is 0 Å². The number of hydrogen-bond donors (Lipinski definition) is 0. The predicted octanol–water partition coefficient (Wildman–Crippen LogP) is 9.40. The van der Waals surface area contributed by atoms with E-state index in [1.807, 2.05) is 36.4 Å². The van der Waals surface area contributed by atoms with Crippen LogP contribution in [0.25, 0.3) is 77.8 Å². The van der Waals surface area contributed by atoms with Crippen molar-refractivity contribution in [2.45, 2.75) is 0 Å². The van der Waals surface area contributed by atoms with Crippen LogP contribution in [0.15, 0.2) is 152 Å². The summed E-state index contributed by atoms with van der Waals surface area (Å²) in [5.74, 6) is 0.671. The summed E-state index contributed by atoms with van der Waals surface area (Å²) in [4.78, 5) is 14.7. The van der Waals surface area contributed by atoms with Gasteiger partial charge < -0.3 is 9.13 Å². The molecule has 0 radical (unpaired) electrons. The summed E-state index contributed by atoms with van der Waals surface area (Å²) in [6.45, 7) is 0. The third kappa shape index (κ3) is 3.76. The van der Waals surface area contributed by atoms with Crippen molar-refractivity contribution < 1.29 is 0 Å². The van der Waals surface area contributed by atoms with Crippen molar-refractivity contribution in [2.75, 3.05) is 0 Å². The molecule has 0 spiro atoms. The fraction of sp³-hybridized carbons (Fsp3) is 0. The predicted molar refractivity (Wildman–Crippen MR) is 179 cm³/mol. The Hall–Kier alpha value is -6.07. The van der Waals surface area contributed by atoms with E-state index < -0.39 is 0 Å². The first kappa shape index (κ1) is 24.5. The monoisotopic (exact) mass is 563 g/mol. The molecule has 0 aliphatic heterocycles. The molecule has 206 valence electrons. The van der Waals surface area contributed by atoms with Gasteiger partial charge in [0.2, 0.25) is 0 Å². The van der Waals surface area contributed by atoms with Crippen LogP contribution in [-0.2, 0) is 0 Å². The lowest BCUT2D eigenvalue weighted by Gasteiger charge is -2.13. The Morgan fingerprint density at radius 3 is 2.20 bits per heavy atom. The second-order valence-electron chi connectivity index (χ2n) is 11.0. The molecule has 0 saturated heterocycles. The van der Waals surface area contributed by atoms with Gasteiger partial charge in [-0.15, -0.1) is 0 Å². The minimum absolute atomic E-state index is 0.671. The van der Waals surface area contributed by atoms with Gasteiger partial charge in [0.25, 0.3) is 0 Å². The van der Waals surface area contributed by atoms with Gasteiger partial charge in [-0.1, -0.05) is 84.9 Å². The van der Waals surface area contributed by atoms with E-state index in [1.165, 1.54) is 27.2 Å². The topological polar surface area (TPSA) is 48.5 Å². The van der Waals surface area contributed by atoms with E-state index in [4.69, 9.17) is 9.97 Å². The second-order valence-corrected chi connectivity index (χ2v) is 11.0. The number of aromatic nitrogens is 5. The number of hydrogen-bond acceptors (Lipinski definition) is 3. The van der Waals surface area contributed by atoms with Gasteiger partial charge in [-0.2, -0.15) is 0 Å². The lowest BCUT2D eigenvalue weighted by atomic mass is 10.1. The van der Waals surface area contributed by atoms with Crippen molar-refractivity contribution in [3.05, 3.63) is 152 Å². The molecule has 0 amide bonds. The third-order valence-corrected chi connectivity index (χ3v) is 8.39. The maximum Gasteiger partial charge on any atom is 0.160 e. The molecule has 0 bridgehead atoms. The number of para-hydroxylation sites is 3. The van der Waals surface area contributed by atoms with Gasteiger partial charge in [0.15, 0.2) is 5.82 Å². The smallest absolute Gasteiger partial charge is 0.160 e. The quantitative estimate of drug-likeness (QED) is 0.214. The summed E-state index contributed by atoms with van der Waals surface area (Å²) < 4.78 is 4.68. The lowest BCUT2D eigenvalue weighted by Crippen LogP contribution is -1.99. The van der Waals surface area contributed by atoms with Crippen molar-refractivity contribution in [3.8, 4) is 34.2 Å². The minimum Gasteiger partial charge on any atom is -0.315 e. The number of rotatable bonds is 4. The molecular formula is C39H25N5. The fourth-order valence-corrected chi connectivity index (χ4v) is 6.43. The highest BCUT2D eigenvalue weighted by Gasteiger charge is 2.19. The molecule has 0 aliphatic rings. The van der Waals surface area contributed by atoms with Crippen molar-refractivity contribution in [1.82, 2.24) is 24.1 Å². The Kier molecular flexibility index (Phi) is 5.43. The summed E-state index contributed by atoms with van der Waals surface area (Å²) >= 11 is 0. The zero-order valence-electron chi connectivity index (χ0n) is 23.7. The Morgan fingerprint density at radius 2 is 1.32 bits per heavy atom. The van der Waals surface area contributed by atoms with E-state index in [2.05, 4.69) is 123 Å². The molecule has 9 aromatic rings. The molecule has 0 saturated carbocycles. The van der Waals surface area contributed by atoms with Crippen LogP contribution in [0.4, 0.5) is 0 Å². The van der Waals surface area contributed by atoms with Crippen molar-refractivity contribution >= 4 is 43.6 Å². The summed E-state index contributed by atoms with van der Waals surface area (Å²) in [7, 11) is 0. The van der Waals surface area contributed by atoms with Gasteiger partial charge in [0, 0.05) is 50.9 Å². The van der Waals surface area contributed by atoms with E-state index in [1.54, 1.807) is 6.20 Å². The summed E-state index contributed by atoms with van der Waals surface area (Å²) in [5.41, 5.74) is 9.18. The number of fused-ring (bicyclic) bond motifs is 6. The normalized spacial score (nSPS) is 11.6. The van der Waals surface area contributed by atoms with Crippen LogP contribution in [-0.4, -0.2) is 24.1 Å². The molecule has 5 aromatic carbocycles. The van der Waals surface area contributed by atoms with E-state index in [9.17, 15) is 0 Å². The van der Waals surface area contributed by atoms with E-state index in [0.717, 1.165) is 44.7 Å². The number of benzene rings is 5. The first-order valence-electron chi connectivity index (χ1n) is 14.7. The van der Waals surface area contributed by atoms with Crippen molar-refractivity contribution in [3.63, 3.8) is 0 Å². The molecule has 5 heteroatoms. The third-order valence-electron chi connectivity index (χ3n) is 8.39. The highest BCUT2D eigenvalue weighted by Crippen LogP contribution is 2.38. The van der Waals surface area contributed by atoms with Crippen LogP contribution in [0.3, 0.4) is 0 Å². The molecule has 9 rings (SSSR count). The Balaban J connectivity index is 1.32. The average molecular weight is 564 g/mol. The Morgan fingerprint density at radius 1 is 0.523 bits per heavy atom. The maximum absolute atomic E-state index is 5.10. The lowest BCUT2D eigenvalue weighted by molar-refractivity contribution is 1.11. The van der Waals surface area contributed by atoms with Crippen LogP contribution in [0.1, 0.15) is 0 Å². The molecule has 4 heterocycles. The standard InChI is InChI=1S/C39H25N5/c1-2-12-28(13-3-1)43-24-22-26-20-21-31-30-15-5-7-19-35(30)44(38(31)37(26)43)29-14-10-11-27(25-29)39-41-33-17-6-4-16-32(33)36(42-39)34-18-8-9-23-40-34/h1-25H. The molecule has 0 unspecified atom stereocenters. The molecule has 0 fully saturated rings. The van der Waals surface area contributed by atoms with Crippen LogP contribution in [0.5, 0.6) is 0 Å². The summed E-state index contributed by atoms with van der Waals surface area (Å²) in [5, 5.41) is 4.61. The fourth-order valence-electron chi connectivity index (χ4n) is 6.43. The molecule has 0 aliphatic carbocycles. The molecule has 4 aromatic heterocycles. The molecule has 5 nitrogen and oxygen atoms in total. The number of pyridine rings is 1. The van der Waals surface area contributed by atoms with Gasteiger partial charge in [-0.25, -0.2) is 9.97 Å². The van der Waals surface area contributed by atoms with Gasteiger partial charge >= 0.3 is 0 Å². The van der Waals surface area contributed by atoms with Gasteiger partial charge in [-0.05, 0) is 54.6 Å². The average Bonchev–Trinajstić information content (AvgIpc) is 3.68. The Labute approximate surface area is 253 Å². The van der Waals surface area contributed by atoms with E-state index in [0.29, 0.717) is 5.82 Å². The number of nitrogens with zero attached hydrogens (tertiary/aromatic N) is 5. The molecule has 0 atom stereocenters. The highest BCUT2D eigenvalue weighted by molar-refractivity contribution is 6.18. The molecular weight excluding hydrogens is 538 g/mol. The van der Waals surface area contributed by atoms with E-state index in [-0.39, 0.29) is 0 Å². The highest BCUT2D eigenvalue weighted by atomic mass is 15.0. The molecule has 0 N–H and O–H groups in total. The van der Waals surface area contributed by atoms with E-state index >= 15 is 0 Å². The second kappa shape index (κ2) is 9.75. The van der Waals surface area contributed by atoms with Crippen molar-refractivity contribution in [1.29, 1.82) is 0 Å². The van der Waals surface area contributed by atoms with Gasteiger partial charge in [0.05, 0.1) is 27.8 Å². The SMILES string of the molecule is c1ccc(-n2ccc3ccc4c5ccccc5n(-c5cccc(-c6nc(-c7ccccn7)c7ccccc7n6)c5)c4c32)cc1. The first-order chi connectivity index (χ1) is 21.8. The van der Waals surface area contributed by atoms with Gasteiger partial charge in [0.1, 0.15) is 5.69 Å². The summed E-state index contributed by atoms with van der Waals surface area (Å²) in [6, 6.07) is 48.5.